The van der Waals surface area contributed by atoms with Gasteiger partial charge in [0.05, 0.1) is 48.7 Å². The quantitative estimate of drug-likeness (QED) is 0.466. The second-order valence-electron chi connectivity index (χ2n) is 8.36. The van der Waals surface area contributed by atoms with Gasteiger partial charge in [0.1, 0.15) is 5.82 Å². The minimum Gasteiger partial charge on any atom is -0.463 e. The third kappa shape index (κ3) is 4.13. The summed E-state index contributed by atoms with van der Waals surface area (Å²) in [5.74, 6) is -0.969. The molecule has 1 amide bonds. The molecule has 0 aliphatic carbocycles. The van der Waals surface area contributed by atoms with Crippen molar-refractivity contribution in [2.75, 3.05) is 13.2 Å². The number of aromatic nitrogens is 3. The lowest BCUT2D eigenvalue weighted by molar-refractivity contribution is -0.0260. The summed E-state index contributed by atoms with van der Waals surface area (Å²) in [6.07, 6.45) is 5.76. The second kappa shape index (κ2) is 8.88. The molecule has 2 N–H and O–H groups in total. The number of hydrogen-bond donors (Lipinski definition) is 2. The first-order valence-electron chi connectivity index (χ1n) is 10.9. The van der Waals surface area contributed by atoms with Crippen LogP contribution in [0.25, 0.3) is 22.1 Å². The molecule has 1 aliphatic heterocycles. The standard InChI is InChI=1S/C24H23FN4O5/c1-28-10-16(9-26-28)14-2-3-15(19(25)8-14)11-29-12-18(22-17(24(29)32)4-7-34-22)23(31)27-20-5-6-33-13-21(20)30/h2-4,7-10,12,20-21,30H,5-6,11,13H2,1H3,(H,27,31)/t20-,21-/m0/s1. The highest BCUT2D eigenvalue weighted by Crippen LogP contribution is 2.23. The lowest BCUT2D eigenvalue weighted by Crippen LogP contribution is -2.48. The molecule has 0 unspecified atom stereocenters. The second-order valence-corrected chi connectivity index (χ2v) is 8.36. The lowest BCUT2D eigenvalue weighted by Gasteiger charge is -2.28. The molecule has 9 nitrogen and oxygen atoms in total. The molecule has 4 aromatic rings. The van der Waals surface area contributed by atoms with E-state index in [0.717, 1.165) is 5.56 Å². The van der Waals surface area contributed by atoms with E-state index in [2.05, 4.69) is 10.4 Å². The van der Waals surface area contributed by atoms with Gasteiger partial charge >= 0.3 is 0 Å². The van der Waals surface area contributed by atoms with Crippen molar-refractivity contribution >= 4 is 16.9 Å². The van der Waals surface area contributed by atoms with Crippen molar-refractivity contribution in [3.63, 3.8) is 0 Å². The molecule has 1 saturated heterocycles. The number of rotatable bonds is 5. The van der Waals surface area contributed by atoms with Crippen molar-refractivity contribution < 1.29 is 23.4 Å². The average molecular weight is 466 g/mol. The number of nitrogens with one attached hydrogen (secondary N) is 1. The maximum Gasteiger partial charge on any atom is 0.262 e. The number of benzene rings is 1. The van der Waals surface area contributed by atoms with Gasteiger partial charge in [-0.15, -0.1) is 0 Å². The molecule has 34 heavy (non-hydrogen) atoms. The van der Waals surface area contributed by atoms with Crippen LogP contribution in [0, 0.1) is 5.82 Å². The fourth-order valence-corrected chi connectivity index (χ4v) is 4.14. The number of pyridine rings is 1. The smallest absolute Gasteiger partial charge is 0.262 e. The van der Waals surface area contributed by atoms with Gasteiger partial charge in [0.25, 0.3) is 11.5 Å². The topological polar surface area (TPSA) is 112 Å². The number of amides is 1. The van der Waals surface area contributed by atoms with Gasteiger partial charge in [-0.1, -0.05) is 12.1 Å². The van der Waals surface area contributed by atoms with Crippen LogP contribution in [0.5, 0.6) is 0 Å². The molecule has 0 bridgehead atoms. The van der Waals surface area contributed by atoms with Crippen LogP contribution in [0.4, 0.5) is 4.39 Å². The van der Waals surface area contributed by atoms with E-state index in [1.807, 2.05) is 0 Å². The van der Waals surface area contributed by atoms with Gasteiger partial charge in [-0.2, -0.15) is 5.10 Å². The minimum absolute atomic E-state index is 0.0702. The first kappa shape index (κ1) is 22.1. The molecule has 1 fully saturated rings. The van der Waals surface area contributed by atoms with Crippen molar-refractivity contribution in [1.29, 1.82) is 0 Å². The Labute approximate surface area is 193 Å². The van der Waals surface area contributed by atoms with E-state index in [-0.39, 0.29) is 29.7 Å². The van der Waals surface area contributed by atoms with E-state index in [1.165, 1.54) is 29.2 Å². The molecule has 4 heterocycles. The summed E-state index contributed by atoms with van der Waals surface area (Å²) >= 11 is 0. The molecular weight excluding hydrogens is 443 g/mol. The number of carbonyl (C=O) groups excluding carboxylic acids is 1. The number of carbonyl (C=O) groups is 1. The van der Waals surface area contributed by atoms with E-state index in [1.54, 1.807) is 36.3 Å². The van der Waals surface area contributed by atoms with Crippen LogP contribution >= 0.6 is 0 Å². The largest absolute Gasteiger partial charge is 0.463 e. The van der Waals surface area contributed by atoms with Crippen LogP contribution in [-0.2, 0) is 18.3 Å². The molecule has 2 atom stereocenters. The number of hydrogen-bond acceptors (Lipinski definition) is 6. The molecule has 1 aromatic carbocycles. The van der Waals surface area contributed by atoms with Crippen molar-refractivity contribution in [1.82, 2.24) is 19.7 Å². The molecule has 5 rings (SSSR count). The zero-order chi connectivity index (χ0) is 23.8. The molecular formula is C24H23FN4O5. The summed E-state index contributed by atoms with van der Waals surface area (Å²) in [6.45, 7) is 0.486. The summed E-state index contributed by atoms with van der Waals surface area (Å²) < 4.78 is 28.5. The number of furan rings is 1. The molecule has 1 aliphatic rings. The number of ether oxygens (including phenoxy) is 1. The predicted octanol–water partition coefficient (Wildman–Crippen LogP) is 2.06. The minimum atomic E-state index is -0.830. The Morgan fingerprint density at radius 2 is 2.15 bits per heavy atom. The Hall–Kier alpha value is -3.76. The maximum absolute atomic E-state index is 14.9. The Morgan fingerprint density at radius 1 is 1.29 bits per heavy atom. The van der Waals surface area contributed by atoms with E-state index >= 15 is 0 Å². The lowest BCUT2D eigenvalue weighted by atomic mass is 10.1. The number of aliphatic hydroxyl groups excluding tert-OH is 1. The van der Waals surface area contributed by atoms with Crippen molar-refractivity contribution in [3.8, 4) is 11.1 Å². The van der Waals surface area contributed by atoms with Crippen LogP contribution in [0.15, 0.2) is 58.3 Å². The highest BCUT2D eigenvalue weighted by Gasteiger charge is 2.27. The summed E-state index contributed by atoms with van der Waals surface area (Å²) in [7, 11) is 1.78. The zero-order valence-corrected chi connectivity index (χ0v) is 18.4. The SMILES string of the molecule is Cn1cc(-c2ccc(Cn3cc(C(=O)N[C@H]4CCOC[C@@H]4O)c4occc4c3=O)c(F)c2)cn1. The number of aliphatic hydroxyl groups is 1. The summed E-state index contributed by atoms with van der Waals surface area (Å²) in [5.41, 5.74) is 1.62. The van der Waals surface area contributed by atoms with Gasteiger partial charge in [0.15, 0.2) is 5.58 Å². The van der Waals surface area contributed by atoms with Gasteiger partial charge in [-0.05, 0) is 24.1 Å². The first-order chi connectivity index (χ1) is 16.4. The number of fused-ring (bicyclic) bond motifs is 1. The van der Waals surface area contributed by atoms with E-state index in [4.69, 9.17) is 9.15 Å². The van der Waals surface area contributed by atoms with Crippen LogP contribution in [0.3, 0.4) is 0 Å². The third-order valence-electron chi connectivity index (χ3n) is 6.01. The summed E-state index contributed by atoms with van der Waals surface area (Å²) in [5, 5.41) is 17.2. The van der Waals surface area contributed by atoms with Gasteiger partial charge in [-0.25, -0.2) is 4.39 Å². The Bertz CT molecular complexity index is 1420. The van der Waals surface area contributed by atoms with E-state index in [0.29, 0.717) is 24.2 Å². The maximum atomic E-state index is 14.9. The molecule has 0 spiro atoms. The van der Waals surface area contributed by atoms with Gasteiger partial charge in [0, 0.05) is 37.2 Å². The Morgan fingerprint density at radius 3 is 2.88 bits per heavy atom. The first-order valence-corrected chi connectivity index (χ1v) is 10.9. The van der Waals surface area contributed by atoms with Crippen LogP contribution < -0.4 is 10.9 Å². The highest BCUT2D eigenvalue weighted by atomic mass is 19.1. The normalized spacial score (nSPS) is 18.3. The van der Waals surface area contributed by atoms with Gasteiger partial charge in [0.2, 0.25) is 0 Å². The van der Waals surface area contributed by atoms with Gasteiger partial charge < -0.3 is 24.1 Å². The van der Waals surface area contributed by atoms with Crippen molar-refractivity contribution in [3.05, 3.63) is 76.4 Å². The van der Waals surface area contributed by atoms with E-state index in [9.17, 15) is 19.1 Å². The number of halogens is 1. The molecule has 176 valence electrons. The molecule has 0 radical (unpaired) electrons. The molecule has 0 saturated carbocycles. The van der Waals surface area contributed by atoms with Gasteiger partial charge in [-0.3, -0.25) is 14.3 Å². The Balaban J connectivity index is 1.46. The molecule has 10 heteroatoms. The fraction of sp³-hybridized carbons (Fsp3) is 0.292. The monoisotopic (exact) mass is 466 g/mol. The van der Waals surface area contributed by atoms with Crippen LogP contribution in [0.1, 0.15) is 22.3 Å². The highest BCUT2D eigenvalue weighted by molar-refractivity contribution is 6.04. The van der Waals surface area contributed by atoms with Crippen molar-refractivity contribution in [2.24, 2.45) is 7.05 Å². The molecule has 3 aromatic heterocycles. The van der Waals surface area contributed by atoms with Crippen molar-refractivity contribution in [2.45, 2.75) is 25.1 Å². The average Bonchev–Trinajstić information content (AvgIpc) is 3.48. The third-order valence-corrected chi connectivity index (χ3v) is 6.01. The number of nitrogens with zero attached hydrogens (tertiary/aromatic N) is 3. The van der Waals surface area contributed by atoms with E-state index < -0.39 is 29.4 Å². The number of aryl methyl sites for hydroxylation is 1. The van der Waals surface area contributed by atoms with Crippen LogP contribution in [-0.4, -0.2) is 50.7 Å². The van der Waals surface area contributed by atoms with Crippen LogP contribution in [0.2, 0.25) is 0 Å². The fourth-order valence-electron chi connectivity index (χ4n) is 4.14. The summed E-state index contributed by atoms with van der Waals surface area (Å²) in [4.78, 5) is 26.0. The predicted molar refractivity (Wildman–Crippen MR) is 121 cm³/mol. The Kier molecular flexibility index (Phi) is 5.76. The zero-order valence-electron chi connectivity index (χ0n) is 18.4. The summed E-state index contributed by atoms with van der Waals surface area (Å²) in [6, 6.07) is 5.77.